The number of ether oxygens (including phenoxy) is 1. The second kappa shape index (κ2) is 10.6. The zero-order valence-corrected chi connectivity index (χ0v) is 19.6. The minimum Gasteiger partial charge on any atom is -0.497 e. The predicted molar refractivity (Wildman–Crippen MR) is 135 cm³/mol. The highest BCUT2D eigenvalue weighted by Gasteiger charge is 2.17. The maximum atomic E-state index is 5.65. The summed E-state index contributed by atoms with van der Waals surface area (Å²) in [5, 5.41) is 8.41. The first-order valence-electron chi connectivity index (χ1n) is 11.8. The quantitative estimate of drug-likeness (QED) is 0.383. The normalized spacial score (nSPS) is 14.4. The number of aromatic nitrogens is 2. The van der Waals surface area contributed by atoms with E-state index < -0.39 is 0 Å². The van der Waals surface area contributed by atoms with Crippen LogP contribution >= 0.6 is 0 Å². The Labute approximate surface area is 200 Å². The summed E-state index contributed by atoms with van der Waals surface area (Å²) < 4.78 is 12.9. The number of furan rings is 1. The zero-order chi connectivity index (χ0) is 23.2. The molecule has 34 heavy (non-hydrogen) atoms. The molecule has 2 aromatic carbocycles. The lowest BCUT2D eigenvalue weighted by Gasteiger charge is -2.36. The summed E-state index contributed by atoms with van der Waals surface area (Å²) in [6.45, 7) is 6.90. The topological polar surface area (TPSA) is 58.7 Å². The third-order valence-corrected chi connectivity index (χ3v) is 6.26. The monoisotopic (exact) mass is 457 g/mol. The van der Waals surface area contributed by atoms with Crippen LogP contribution in [0, 0.1) is 0 Å². The highest BCUT2D eigenvalue weighted by Crippen LogP contribution is 2.24. The van der Waals surface area contributed by atoms with Crippen molar-refractivity contribution in [1.82, 2.24) is 20.0 Å². The van der Waals surface area contributed by atoms with Gasteiger partial charge in [0.1, 0.15) is 11.4 Å². The van der Waals surface area contributed by atoms with Crippen LogP contribution in [0.1, 0.15) is 5.69 Å². The van der Waals surface area contributed by atoms with Crippen molar-refractivity contribution in [3.63, 3.8) is 0 Å². The minimum atomic E-state index is 0.722. The molecule has 0 unspecified atom stereocenters. The molecule has 7 heteroatoms. The van der Waals surface area contributed by atoms with E-state index in [1.807, 2.05) is 47.1 Å². The maximum absolute atomic E-state index is 5.65. The van der Waals surface area contributed by atoms with E-state index in [2.05, 4.69) is 45.4 Å². The van der Waals surface area contributed by atoms with E-state index in [1.165, 1.54) is 5.69 Å². The molecule has 176 valence electrons. The average molecular weight is 458 g/mol. The average Bonchev–Trinajstić information content (AvgIpc) is 3.58. The Balaban J connectivity index is 1.12. The van der Waals surface area contributed by atoms with E-state index in [-0.39, 0.29) is 0 Å². The molecular weight excluding hydrogens is 426 g/mol. The third kappa shape index (κ3) is 5.16. The first-order valence-corrected chi connectivity index (χ1v) is 11.8. The molecule has 0 aliphatic carbocycles. The van der Waals surface area contributed by atoms with Crippen molar-refractivity contribution in [2.24, 2.45) is 0 Å². The van der Waals surface area contributed by atoms with Crippen molar-refractivity contribution in [2.45, 2.75) is 6.54 Å². The van der Waals surface area contributed by atoms with Crippen LogP contribution in [-0.4, -0.2) is 61.1 Å². The summed E-state index contributed by atoms with van der Waals surface area (Å²) in [5.41, 5.74) is 4.25. The molecule has 0 radical (unpaired) electrons. The molecule has 5 rings (SSSR count). The fraction of sp³-hybridized carbons (Fsp3) is 0.296. The maximum Gasteiger partial charge on any atom is 0.152 e. The molecule has 1 fully saturated rings. The van der Waals surface area contributed by atoms with Gasteiger partial charge in [-0.15, -0.1) is 0 Å². The Morgan fingerprint density at radius 2 is 1.71 bits per heavy atom. The lowest BCUT2D eigenvalue weighted by Crippen LogP contribution is -2.48. The SMILES string of the molecule is COc1ccc(N2CCN(CCNCc3cc(-c4ccco4)n(-c4ccccc4)n3)CC2)cc1. The Hall–Kier alpha value is -3.55. The fourth-order valence-electron chi connectivity index (χ4n) is 4.36. The van der Waals surface area contributed by atoms with Gasteiger partial charge in [0.15, 0.2) is 5.76 Å². The molecule has 1 saturated heterocycles. The number of rotatable bonds is 9. The molecule has 1 aliphatic heterocycles. The summed E-state index contributed by atoms with van der Waals surface area (Å²) >= 11 is 0. The lowest BCUT2D eigenvalue weighted by atomic mass is 10.2. The van der Waals surface area contributed by atoms with E-state index in [4.69, 9.17) is 14.3 Å². The van der Waals surface area contributed by atoms with Gasteiger partial charge in [-0.1, -0.05) is 18.2 Å². The summed E-state index contributed by atoms with van der Waals surface area (Å²) in [6, 6.07) is 24.5. The molecule has 2 aromatic heterocycles. The number of methoxy groups -OCH3 is 1. The standard InChI is InChI=1S/C27H31N5O2/c1-33-25-11-9-23(10-12-25)31-17-15-30(16-18-31)14-13-28-21-22-20-26(27-8-5-19-34-27)32(29-22)24-6-3-2-4-7-24/h2-12,19-20,28H,13-18,21H2,1H3. The smallest absolute Gasteiger partial charge is 0.152 e. The highest BCUT2D eigenvalue weighted by atomic mass is 16.5. The molecule has 0 amide bonds. The highest BCUT2D eigenvalue weighted by molar-refractivity contribution is 5.57. The van der Waals surface area contributed by atoms with Gasteiger partial charge in [0.05, 0.1) is 24.8 Å². The number of anilines is 1. The molecule has 0 atom stereocenters. The van der Waals surface area contributed by atoms with E-state index in [0.29, 0.717) is 0 Å². The molecule has 0 spiro atoms. The number of nitrogens with zero attached hydrogens (tertiary/aromatic N) is 4. The molecule has 3 heterocycles. The third-order valence-electron chi connectivity index (χ3n) is 6.26. The second-order valence-electron chi connectivity index (χ2n) is 8.45. The Morgan fingerprint density at radius 3 is 2.41 bits per heavy atom. The van der Waals surface area contributed by atoms with Crippen LogP contribution in [0.3, 0.4) is 0 Å². The first kappa shape index (κ1) is 22.3. The van der Waals surface area contributed by atoms with Gasteiger partial charge in [-0.3, -0.25) is 4.90 Å². The molecule has 1 aliphatic rings. The molecule has 0 saturated carbocycles. The van der Waals surface area contributed by atoms with Crippen LogP contribution in [0.2, 0.25) is 0 Å². The van der Waals surface area contributed by atoms with Crippen molar-refractivity contribution in [3.05, 3.63) is 84.8 Å². The Kier molecular flexibility index (Phi) is 6.93. The van der Waals surface area contributed by atoms with Gasteiger partial charge < -0.3 is 19.4 Å². The molecule has 0 bridgehead atoms. The second-order valence-corrected chi connectivity index (χ2v) is 8.45. The largest absolute Gasteiger partial charge is 0.497 e. The van der Waals surface area contributed by atoms with Crippen LogP contribution in [0.25, 0.3) is 17.1 Å². The van der Waals surface area contributed by atoms with E-state index >= 15 is 0 Å². The summed E-state index contributed by atoms with van der Waals surface area (Å²) in [7, 11) is 1.70. The zero-order valence-electron chi connectivity index (χ0n) is 19.6. The molecule has 7 nitrogen and oxygen atoms in total. The number of piperazine rings is 1. The number of benzene rings is 2. The van der Waals surface area contributed by atoms with E-state index in [0.717, 1.165) is 74.4 Å². The summed E-state index contributed by atoms with van der Waals surface area (Å²) in [5.74, 6) is 1.72. The summed E-state index contributed by atoms with van der Waals surface area (Å²) in [6.07, 6.45) is 1.70. The number of para-hydroxylation sites is 1. The van der Waals surface area contributed by atoms with Gasteiger partial charge in [-0.2, -0.15) is 5.10 Å². The molecule has 1 N–H and O–H groups in total. The van der Waals surface area contributed by atoms with Crippen LogP contribution in [0.4, 0.5) is 5.69 Å². The Bertz CT molecular complexity index is 1150. The fourth-order valence-corrected chi connectivity index (χ4v) is 4.36. The Morgan fingerprint density at radius 1 is 0.912 bits per heavy atom. The van der Waals surface area contributed by atoms with Gasteiger partial charge in [0.25, 0.3) is 0 Å². The van der Waals surface area contributed by atoms with E-state index in [9.17, 15) is 0 Å². The van der Waals surface area contributed by atoms with Crippen molar-refractivity contribution < 1.29 is 9.15 Å². The molecule has 4 aromatic rings. The van der Waals surface area contributed by atoms with Gasteiger partial charge in [-0.05, 0) is 54.6 Å². The predicted octanol–water partition coefficient (Wildman–Crippen LogP) is 4.05. The number of hydrogen-bond acceptors (Lipinski definition) is 6. The van der Waals surface area contributed by atoms with Crippen molar-refractivity contribution in [1.29, 1.82) is 0 Å². The van der Waals surface area contributed by atoms with Crippen LogP contribution in [0.15, 0.2) is 83.5 Å². The molecular formula is C27H31N5O2. The van der Waals surface area contributed by atoms with Gasteiger partial charge >= 0.3 is 0 Å². The number of nitrogens with one attached hydrogen (secondary N) is 1. The van der Waals surface area contributed by atoms with E-state index in [1.54, 1.807) is 13.4 Å². The lowest BCUT2D eigenvalue weighted by molar-refractivity contribution is 0.257. The summed E-state index contributed by atoms with van der Waals surface area (Å²) in [4.78, 5) is 4.96. The van der Waals surface area contributed by atoms with Gasteiger partial charge in [-0.25, -0.2) is 4.68 Å². The van der Waals surface area contributed by atoms with Crippen molar-refractivity contribution in [2.75, 3.05) is 51.3 Å². The van der Waals surface area contributed by atoms with Gasteiger partial charge in [0.2, 0.25) is 0 Å². The van der Waals surface area contributed by atoms with Crippen molar-refractivity contribution >= 4 is 5.69 Å². The van der Waals surface area contributed by atoms with Crippen LogP contribution in [0.5, 0.6) is 5.75 Å². The van der Waals surface area contributed by atoms with Crippen LogP contribution < -0.4 is 15.0 Å². The van der Waals surface area contributed by atoms with Crippen molar-refractivity contribution in [3.8, 4) is 22.9 Å². The minimum absolute atomic E-state index is 0.722. The first-order chi connectivity index (χ1) is 16.8. The van der Waals surface area contributed by atoms with Gasteiger partial charge in [0, 0.05) is 51.5 Å². The number of hydrogen-bond donors (Lipinski definition) is 1. The van der Waals surface area contributed by atoms with Crippen LogP contribution in [-0.2, 0) is 6.54 Å².